The molecule has 1 aliphatic heterocycles. The number of hydrogen-bond donors (Lipinski definition) is 4. The molecule has 1 aromatic heterocycles. The van der Waals surface area contributed by atoms with Crippen LogP contribution in [0.5, 0.6) is 5.88 Å². The lowest BCUT2D eigenvalue weighted by molar-refractivity contribution is -0.120. The third-order valence-corrected chi connectivity index (χ3v) is 5.33. The van der Waals surface area contributed by atoms with Gasteiger partial charge in [-0.2, -0.15) is 0 Å². The maximum absolute atomic E-state index is 12.6. The van der Waals surface area contributed by atoms with Crippen molar-refractivity contribution in [3.63, 3.8) is 0 Å². The van der Waals surface area contributed by atoms with Gasteiger partial charge in [0.2, 0.25) is 5.88 Å². The van der Waals surface area contributed by atoms with E-state index in [1.54, 1.807) is 0 Å². The van der Waals surface area contributed by atoms with Gasteiger partial charge in [-0.3, -0.25) is 4.79 Å². The van der Waals surface area contributed by atoms with Gasteiger partial charge in [-0.1, -0.05) is 53.2 Å². The zero-order chi connectivity index (χ0) is 19.0. The average Bonchev–Trinajstić information content (AvgIpc) is 3.20. The average molecular weight is 428 g/mol. The van der Waals surface area contributed by atoms with E-state index in [9.17, 15) is 9.90 Å². The van der Waals surface area contributed by atoms with Crippen molar-refractivity contribution in [1.82, 2.24) is 15.8 Å². The Kier molecular flexibility index (Phi) is 4.77. The monoisotopic (exact) mass is 427 g/mol. The van der Waals surface area contributed by atoms with Crippen molar-refractivity contribution in [3.8, 4) is 5.88 Å². The van der Waals surface area contributed by atoms with E-state index in [-0.39, 0.29) is 23.5 Å². The predicted octanol–water partition coefficient (Wildman–Crippen LogP) is 4.10. The maximum Gasteiger partial charge on any atom is 0.283 e. The number of hydrogen-bond acceptors (Lipinski definition) is 5. The number of nitrogens with zero attached hydrogens (tertiary/aromatic N) is 2. The Balaban J connectivity index is 1.55. The summed E-state index contributed by atoms with van der Waals surface area (Å²) in [5.74, 6) is -0.519. The lowest BCUT2D eigenvalue weighted by atomic mass is 9.91. The number of H-pyrrole nitrogens is 1. The van der Waals surface area contributed by atoms with E-state index in [2.05, 4.69) is 42.0 Å². The molecule has 4 rings (SSSR count). The number of nitrogens with one attached hydrogen (secondary N) is 3. The first kappa shape index (κ1) is 17.8. The summed E-state index contributed by atoms with van der Waals surface area (Å²) in [6.07, 6.45) is 0. The molecule has 3 unspecified atom stereocenters. The summed E-state index contributed by atoms with van der Waals surface area (Å²) in [6.45, 7) is 1.99. The second-order valence-electron chi connectivity index (χ2n) is 6.56. The molecular weight excluding hydrogens is 410 g/mol. The first-order chi connectivity index (χ1) is 13.0. The highest BCUT2D eigenvalue weighted by Crippen LogP contribution is 2.37. The number of carbonyl (C=O) groups is 1. The predicted molar refractivity (Wildman–Crippen MR) is 106 cm³/mol. The van der Waals surface area contributed by atoms with E-state index in [1.807, 2.05) is 55.5 Å². The Hall–Kier alpha value is -2.55. The molecule has 0 aliphatic carbocycles. The highest BCUT2D eigenvalue weighted by atomic mass is 79.9. The highest BCUT2D eigenvalue weighted by Gasteiger charge is 2.37. The van der Waals surface area contributed by atoms with Crippen LogP contribution in [0, 0.1) is 5.92 Å². The molecular formula is C19H18BrN5O2. The minimum atomic E-state index is -0.502. The molecule has 1 fully saturated rings. The largest absolute Gasteiger partial charge is 0.493 e. The quantitative estimate of drug-likeness (QED) is 0.472. The molecule has 0 saturated carbocycles. The van der Waals surface area contributed by atoms with E-state index in [4.69, 9.17) is 0 Å². The number of carbonyl (C=O) groups excluding carboxylic acids is 1. The van der Waals surface area contributed by atoms with Gasteiger partial charge in [-0.25, -0.2) is 10.9 Å². The van der Waals surface area contributed by atoms with Gasteiger partial charge in [0.25, 0.3) is 5.91 Å². The molecule has 27 heavy (non-hydrogen) atoms. The Morgan fingerprint density at radius 1 is 1.15 bits per heavy atom. The Morgan fingerprint density at radius 3 is 2.70 bits per heavy atom. The number of benzene rings is 2. The molecule has 8 heteroatoms. The first-order valence-electron chi connectivity index (χ1n) is 8.56. The van der Waals surface area contributed by atoms with Gasteiger partial charge in [0, 0.05) is 15.8 Å². The van der Waals surface area contributed by atoms with Crippen LogP contribution in [0.15, 0.2) is 63.2 Å². The molecule has 1 saturated heterocycles. The summed E-state index contributed by atoms with van der Waals surface area (Å²) in [7, 11) is 0. The summed E-state index contributed by atoms with van der Waals surface area (Å²) < 4.78 is 0.845. The molecule has 0 spiro atoms. The van der Waals surface area contributed by atoms with E-state index in [0.29, 0.717) is 5.39 Å². The van der Waals surface area contributed by atoms with Crippen molar-refractivity contribution >= 4 is 38.4 Å². The van der Waals surface area contributed by atoms with Crippen molar-refractivity contribution in [2.45, 2.75) is 19.0 Å². The molecule has 7 nitrogen and oxygen atoms in total. The van der Waals surface area contributed by atoms with Crippen LogP contribution in [-0.4, -0.2) is 22.0 Å². The Morgan fingerprint density at radius 2 is 1.93 bits per heavy atom. The van der Waals surface area contributed by atoms with Crippen molar-refractivity contribution in [3.05, 3.63) is 58.6 Å². The van der Waals surface area contributed by atoms with Crippen molar-refractivity contribution in [2.75, 3.05) is 0 Å². The molecule has 3 atom stereocenters. The number of rotatable bonds is 3. The fraction of sp³-hybridized carbons (Fsp3) is 0.211. The SMILES string of the molecule is CC1C(C(=O)N=Nc2c(O)[nH]c3ccc(Br)cc23)NNC1c1ccccc1. The molecule has 1 aliphatic rings. The van der Waals surface area contributed by atoms with E-state index in [0.717, 1.165) is 15.6 Å². The highest BCUT2D eigenvalue weighted by molar-refractivity contribution is 9.10. The van der Waals surface area contributed by atoms with Gasteiger partial charge in [0.15, 0.2) is 5.69 Å². The van der Waals surface area contributed by atoms with Gasteiger partial charge in [-0.15, -0.1) is 10.2 Å². The number of fused-ring (bicyclic) bond motifs is 1. The molecule has 0 radical (unpaired) electrons. The molecule has 3 aromatic rings. The lowest BCUT2D eigenvalue weighted by Crippen LogP contribution is -2.37. The fourth-order valence-corrected chi connectivity index (χ4v) is 3.73. The number of aromatic hydroxyl groups is 1. The van der Waals surface area contributed by atoms with Gasteiger partial charge in [-0.05, 0) is 23.8 Å². The molecule has 138 valence electrons. The minimum absolute atomic E-state index is 0.00722. The third kappa shape index (κ3) is 3.39. The Bertz CT molecular complexity index is 1020. The van der Waals surface area contributed by atoms with Gasteiger partial charge in [0.1, 0.15) is 6.04 Å². The number of aromatic nitrogens is 1. The second kappa shape index (κ2) is 7.22. The molecule has 1 amide bonds. The van der Waals surface area contributed by atoms with Crippen LogP contribution in [0.3, 0.4) is 0 Å². The molecule has 0 bridgehead atoms. The van der Waals surface area contributed by atoms with Gasteiger partial charge >= 0.3 is 0 Å². The van der Waals surface area contributed by atoms with Crippen LogP contribution in [0.25, 0.3) is 10.9 Å². The van der Waals surface area contributed by atoms with Crippen LogP contribution in [0.4, 0.5) is 5.69 Å². The van der Waals surface area contributed by atoms with Gasteiger partial charge < -0.3 is 10.1 Å². The summed E-state index contributed by atoms with van der Waals surface area (Å²) in [4.78, 5) is 15.4. The molecule has 4 N–H and O–H groups in total. The number of halogens is 1. The van der Waals surface area contributed by atoms with Crippen molar-refractivity contribution < 1.29 is 9.90 Å². The fourth-order valence-electron chi connectivity index (χ4n) is 3.37. The summed E-state index contributed by atoms with van der Waals surface area (Å²) in [5.41, 5.74) is 8.24. The number of azo groups is 1. The standard InChI is InChI=1S/C19H18BrN5O2/c1-10-15(11-5-3-2-4-6-11)22-23-16(10)19(27)25-24-17-13-9-12(20)7-8-14(13)21-18(17)26/h2-10,15-16,21-23,26H,1H3. The van der Waals surface area contributed by atoms with Gasteiger partial charge in [0.05, 0.1) is 11.6 Å². The smallest absolute Gasteiger partial charge is 0.283 e. The van der Waals surface area contributed by atoms with Crippen LogP contribution >= 0.6 is 15.9 Å². The van der Waals surface area contributed by atoms with Crippen LogP contribution in [0.2, 0.25) is 0 Å². The Labute approximate surface area is 164 Å². The number of amides is 1. The van der Waals surface area contributed by atoms with Crippen LogP contribution < -0.4 is 10.9 Å². The van der Waals surface area contributed by atoms with E-state index < -0.39 is 11.9 Å². The number of aromatic amines is 1. The summed E-state index contributed by atoms with van der Waals surface area (Å²) in [5, 5.41) is 18.6. The van der Waals surface area contributed by atoms with E-state index >= 15 is 0 Å². The first-order valence-corrected chi connectivity index (χ1v) is 9.35. The summed E-state index contributed by atoms with van der Waals surface area (Å²) >= 11 is 3.39. The van der Waals surface area contributed by atoms with Crippen LogP contribution in [-0.2, 0) is 4.79 Å². The lowest BCUT2D eigenvalue weighted by Gasteiger charge is -2.16. The van der Waals surface area contributed by atoms with Crippen molar-refractivity contribution in [2.24, 2.45) is 16.1 Å². The molecule has 2 aromatic carbocycles. The number of hydrazine groups is 1. The summed E-state index contributed by atoms with van der Waals surface area (Å²) in [6, 6.07) is 14.9. The normalized spacial score (nSPS) is 22.7. The second-order valence-corrected chi connectivity index (χ2v) is 7.48. The minimum Gasteiger partial charge on any atom is -0.493 e. The topological polar surface area (TPSA) is 102 Å². The van der Waals surface area contributed by atoms with E-state index in [1.165, 1.54) is 0 Å². The molecule has 2 heterocycles. The maximum atomic E-state index is 12.6. The van der Waals surface area contributed by atoms with Crippen LogP contribution in [0.1, 0.15) is 18.5 Å². The zero-order valence-electron chi connectivity index (χ0n) is 14.5. The van der Waals surface area contributed by atoms with Crippen molar-refractivity contribution in [1.29, 1.82) is 0 Å². The third-order valence-electron chi connectivity index (χ3n) is 4.83. The zero-order valence-corrected chi connectivity index (χ0v) is 16.1.